The quantitative estimate of drug-likeness (QED) is 0.209. The molecule has 4 N–H and O–H groups in total. The highest BCUT2D eigenvalue weighted by Gasteiger charge is 2.18. The number of aromatic nitrogens is 2. The topological polar surface area (TPSA) is 134 Å². The van der Waals surface area contributed by atoms with Crippen molar-refractivity contribution in [2.75, 3.05) is 58.0 Å². The molecule has 0 fully saturated rings. The summed E-state index contributed by atoms with van der Waals surface area (Å²) in [5, 5.41) is 12.7. The molecule has 0 aliphatic rings. The maximum Gasteiger partial charge on any atom is 0.309 e. The van der Waals surface area contributed by atoms with Crippen molar-refractivity contribution < 1.29 is 19.4 Å². The van der Waals surface area contributed by atoms with Crippen molar-refractivity contribution in [3.05, 3.63) is 46.6 Å². The van der Waals surface area contributed by atoms with E-state index in [4.69, 9.17) is 10.5 Å². The number of aryl methyl sites for hydroxylation is 1. The Hall–Kier alpha value is -3.24. The molecule has 1 aromatic heterocycles. The molecule has 38 heavy (non-hydrogen) atoms. The predicted octanol–water partition coefficient (Wildman–Crippen LogP) is 2.57. The van der Waals surface area contributed by atoms with Crippen molar-refractivity contribution in [2.24, 2.45) is 0 Å². The molecule has 0 saturated heterocycles. The SMILES string of the molecule is CCCCCNc1nc(N)nc(C)c1CCCN(Cc1cccc(CC(=O)OC)c1)C(=O)CN(C)CCO. The molecule has 2 rings (SSSR count). The van der Waals surface area contributed by atoms with Gasteiger partial charge < -0.3 is 25.8 Å². The molecule has 0 aliphatic heterocycles. The lowest BCUT2D eigenvalue weighted by Gasteiger charge is -2.26. The summed E-state index contributed by atoms with van der Waals surface area (Å²) >= 11 is 0. The molecule has 0 aliphatic carbocycles. The van der Waals surface area contributed by atoms with E-state index in [2.05, 4.69) is 22.2 Å². The van der Waals surface area contributed by atoms with Crippen molar-refractivity contribution >= 4 is 23.6 Å². The summed E-state index contributed by atoms with van der Waals surface area (Å²) in [6.45, 7) is 6.49. The van der Waals surface area contributed by atoms with Crippen LogP contribution in [0.15, 0.2) is 24.3 Å². The summed E-state index contributed by atoms with van der Waals surface area (Å²) < 4.78 is 4.79. The molecule has 210 valence electrons. The fourth-order valence-corrected chi connectivity index (χ4v) is 4.26. The summed E-state index contributed by atoms with van der Waals surface area (Å²) in [4.78, 5) is 37.4. The van der Waals surface area contributed by atoms with Gasteiger partial charge in [-0.2, -0.15) is 4.98 Å². The van der Waals surface area contributed by atoms with Crippen LogP contribution in [0.2, 0.25) is 0 Å². The minimum atomic E-state index is -0.305. The van der Waals surface area contributed by atoms with E-state index in [1.165, 1.54) is 7.11 Å². The maximum atomic E-state index is 13.2. The number of nitrogens with two attached hydrogens (primary N) is 1. The van der Waals surface area contributed by atoms with Crippen LogP contribution in [0, 0.1) is 6.92 Å². The van der Waals surface area contributed by atoms with E-state index in [1.807, 2.05) is 43.1 Å². The first-order valence-corrected chi connectivity index (χ1v) is 13.4. The third-order valence-electron chi connectivity index (χ3n) is 6.34. The molecule has 10 nitrogen and oxygen atoms in total. The number of aliphatic hydroxyl groups is 1. The van der Waals surface area contributed by atoms with Crippen LogP contribution in [0.4, 0.5) is 11.8 Å². The third kappa shape index (κ3) is 10.6. The minimum absolute atomic E-state index is 0.0101. The Bertz CT molecular complexity index is 1030. The van der Waals surface area contributed by atoms with Gasteiger partial charge in [0.05, 0.1) is 26.7 Å². The average molecular weight is 529 g/mol. The van der Waals surface area contributed by atoms with Crippen LogP contribution in [0.3, 0.4) is 0 Å². The van der Waals surface area contributed by atoms with Gasteiger partial charge in [0.25, 0.3) is 0 Å². The monoisotopic (exact) mass is 528 g/mol. The number of hydrogen-bond acceptors (Lipinski definition) is 9. The molecule has 1 aromatic carbocycles. The Morgan fingerprint density at radius 2 is 1.89 bits per heavy atom. The first-order chi connectivity index (χ1) is 18.3. The largest absolute Gasteiger partial charge is 0.469 e. The lowest BCUT2D eigenvalue weighted by Crippen LogP contribution is -2.40. The van der Waals surface area contributed by atoms with Gasteiger partial charge in [0.15, 0.2) is 0 Å². The van der Waals surface area contributed by atoms with Crippen LogP contribution in [0.5, 0.6) is 0 Å². The zero-order valence-electron chi connectivity index (χ0n) is 23.3. The second kappa shape index (κ2) is 16.6. The van der Waals surface area contributed by atoms with Crippen LogP contribution in [0.25, 0.3) is 0 Å². The second-order valence-electron chi connectivity index (χ2n) is 9.58. The number of amides is 1. The number of nitrogens with zero attached hydrogens (tertiary/aromatic N) is 4. The number of rotatable bonds is 17. The number of hydrogen-bond donors (Lipinski definition) is 3. The number of ether oxygens (including phenoxy) is 1. The highest BCUT2D eigenvalue weighted by molar-refractivity contribution is 5.78. The molecule has 0 saturated carbocycles. The van der Waals surface area contributed by atoms with Crippen molar-refractivity contribution in [1.29, 1.82) is 0 Å². The van der Waals surface area contributed by atoms with Crippen molar-refractivity contribution in [1.82, 2.24) is 19.8 Å². The normalized spacial score (nSPS) is 11.0. The molecule has 10 heteroatoms. The fourth-order valence-electron chi connectivity index (χ4n) is 4.26. The van der Waals surface area contributed by atoms with Crippen LogP contribution < -0.4 is 11.1 Å². The molecule has 0 spiro atoms. The van der Waals surface area contributed by atoms with E-state index in [-0.39, 0.29) is 37.4 Å². The Morgan fingerprint density at radius 3 is 2.61 bits per heavy atom. The van der Waals surface area contributed by atoms with Crippen LogP contribution in [0.1, 0.15) is 55.0 Å². The van der Waals surface area contributed by atoms with E-state index in [0.717, 1.165) is 60.4 Å². The number of anilines is 2. The zero-order chi connectivity index (χ0) is 27.9. The van der Waals surface area contributed by atoms with Gasteiger partial charge in [-0.05, 0) is 44.4 Å². The van der Waals surface area contributed by atoms with Gasteiger partial charge in [-0.25, -0.2) is 4.98 Å². The van der Waals surface area contributed by atoms with Gasteiger partial charge in [0.2, 0.25) is 11.9 Å². The maximum absolute atomic E-state index is 13.2. The Kier molecular flexibility index (Phi) is 13.5. The van der Waals surface area contributed by atoms with Gasteiger partial charge in [0.1, 0.15) is 5.82 Å². The summed E-state index contributed by atoms with van der Waals surface area (Å²) in [6.07, 6.45) is 4.93. The summed E-state index contributed by atoms with van der Waals surface area (Å²) in [5.74, 6) is 0.686. The minimum Gasteiger partial charge on any atom is -0.469 e. The standard InChI is InChI=1S/C28H44N6O4/c1-5-6-7-13-30-27-24(21(2)31-28(29)32-27)12-9-14-34(25(36)20-33(3)15-16-35)19-23-11-8-10-22(17-23)18-26(37)38-4/h8,10-11,17,35H,5-7,9,12-16,18-20H2,1-4H3,(H3,29,30,31,32). The van der Waals surface area contributed by atoms with Crippen molar-refractivity contribution in [2.45, 2.75) is 58.9 Å². The number of nitrogen functional groups attached to an aromatic ring is 1. The lowest BCUT2D eigenvalue weighted by molar-refractivity contribution is -0.139. The van der Waals surface area contributed by atoms with E-state index >= 15 is 0 Å². The van der Waals surface area contributed by atoms with Crippen molar-refractivity contribution in [3.8, 4) is 0 Å². The van der Waals surface area contributed by atoms with Crippen molar-refractivity contribution in [3.63, 3.8) is 0 Å². The van der Waals surface area contributed by atoms with Gasteiger partial charge in [0, 0.05) is 37.4 Å². The van der Waals surface area contributed by atoms with E-state index in [1.54, 1.807) is 4.90 Å². The van der Waals surface area contributed by atoms with E-state index < -0.39 is 0 Å². The number of likely N-dealkylation sites (N-methyl/N-ethyl adjacent to an activating group) is 1. The Morgan fingerprint density at radius 1 is 1.13 bits per heavy atom. The zero-order valence-corrected chi connectivity index (χ0v) is 23.3. The molecule has 2 aromatic rings. The van der Waals surface area contributed by atoms with Crippen LogP contribution in [-0.2, 0) is 33.7 Å². The number of nitrogens with one attached hydrogen (secondary N) is 1. The molecule has 1 amide bonds. The lowest BCUT2D eigenvalue weighted by atomic mass is 10.1. The third-order valence-corrected chi connectivity index (χ3v) is 6.34. The fraction of sp³-hybridized carbons (Fsp3) is 0.571. The summed E-state index contributed by atoms with van der Waals surface area (Å²) in [7, 11) is 3.18. The number of methoxy groups -OCH3 is 1. The number of benzene rings is 1. The number of carbonyl (C=O) groups excluding carboxylic acids is 2. The summed E-state index contributed by atoms with van der Waals surface area (Å²) in [5.41, 5.74) is 9.55. The van der Waals surface area contributed by atoms with E-state index in [9.17, 15) is 14.7 Å². The molecule has 0 radical (unpaired) electrons. The number of unbranched alkanes of at least 4 members (excludes halogenated alkanes) is 2. The predicted molar refractivity (Wildman–Crippen MR) is 150 cm³/mol. The first-order valence-electron chi connectivity index (χ1n) is 13.4. The second-order valence-corrected chi connectivity index (χ2v) is 9.58. The molecule has 1 heterocycles. The highest BCUT2D eigenvalue weighted by Crippen LogP contribution is 2.20. The number of esters is 1. The smallest absolute Gasteiger partial charge is 0.309 e. The number of carbonyl (C=O) groups is 2. The first kappa shape index (κ1) is 31.0. The molecule has 0 unspecified atom stereocenters. The molecule has 0 bridgehead atoms. The van der Waals surface area contributed by atoms with Gasteiger partial charge in [-0.3, -0.25) is 14.5 Å². The summed E-state index contributed by atoms with van der Waals surface area (Å²) in [6, 6.07) is 7.65. The Balaban J connectivity index is 2.15. The molecular formula is C28H44N6O4. The highest BCUT2D eigenvalue weighted by atomic mass is 16.5. The van der Waals surface area contributed by atoms with Gasteiger partial charge in [-0.15, -0.1) is 0 Å². The van der Waals surface area contributed by atoms with Gasteiger partial charge >= 0.3 is 5.97 Å². The van der Waals surface area contributed by atoms with E-state index in [0.29, 0.717) is 26.1 Å². The average Bonchev–Trinajstić information content (AvgIpc) is 2.87. The van der Waals surface area contributed by atoms with Gasteiger partial charge in [-0.1, -0.05) is 44.0 Å². The van der Waals surface area contributed by atoms with Crippen LogP contribution in [-0.4, -0.2) is 83.7 Å². The number of aliphatic hydroxyl groups excluding tert-OH is 1. The molecular weight excluding hydrogens is 484 g/mol. The molecule has 0 atom stereocenters. The Labute approximate surface area is 226 Å². The van der Waals surface area contributed by atoms with Crippen LogP contribution >= 0.6 is 0 Å².